The van der Waals surface area contributed by atoms with Crippen molar-refractivity contribution >= 4 is 57.1 Å². The number of anilines is 3. The number of nitrogen functional groups attached to an aromatic ring is 1. The topological polar surface area (TPSA) is 96.5 Å². The molecule has 0 spiro atoms. The Bertz CT molecular complexity index is 1530. The van der Waals surface area contributed by atoms with E-state index >= 15 is 4.39 Å². The highest BCUT2D eigenvalue weighted by Gasteiger charge is 2.39. The highest BCUT2D eigenvalue weighted by Crippen LogP contribution is 2.42. The number of nitrogens with zero attached hydrogens (tertiary/aromatic N) is 4. The van der Waals surface area contributed by atoms with E-state index in [4.69, 9.17) is 28.9 Å². The highest BCUT2D eigenvalue weighted by atomic mass is 35.5. The summed E-state index contributed by atoms with van der Waals surface area (Å²) < 4.78 is 58.5. The number of aromatic nitrogens is 2. The molecule has 5 rings (SSSR count). The second-order valence-corrected chi connectivity index (χ2v) is 9.73. The van der Waals surface area contributed by atoms with Crippen LogP contribution in [-0.2, 0) is 11.0 Å². The molecule has 1 saturated heterocycles. The first-order valence-electron chi connectivity index (χ1n) is 11.4. The first-order valence-corrected chi connectivity index (χ1v) is 12.2. The highest BCUT2D eigenvalue weighted by molar-refractivity contribution is 6.37. The van der Waals surface area contributed by atoms with Gasteiger partial charge in [0.05, 0.1) is 33.3 Å². The minimum Gasteiger partial charge on any atom is -0.396 e. The maximum absolute atomic E-state index is 15.1. The monoisotopic (exact) mass is 570 g/mol. The van der Waals surface area contributed by atoms with E-state index in [1.807, 2.05) is 4.90 Å². The number of nitrogens with one attached hydrogen (secondary N) is 1. The van der Waals surface area contributed by atoms with Gasteiger partial charge in [0, 0.05) is 37.6 Å². The van der Waals surface area contributed by atoms with Gasteiger partial charge in [-0.1, -0.05) is 29.8 Å². The average Bonchev–Trinajstić information content (AvgIpc) is 3.06. The van der Waals surface area contributed by atoms with Crippen LogP contribution in [0.3, 0.4) is 0 Å². The Hall–Kier alpha value is -3.51. The van der Waals surface area contributed by atoms with Crippen molar-refractivity contribution in [1.82, 2.24) is 14.5 Å². The summed E-state index contributed by atoms with van der Waals surface area (Å²) in [6, 6.07) is 1.45. The normalized spacial score (nSPS) is 17.5. The molecule has 38 heavy (non-hydrogen) atoms. The number of hydrogen-bond acceptors (Lipinski definition) is 6. The first-order chi connectivity index (χ1) is 17.9. The summed E-state index contributed by atoms with van der Waals surface area (Å²) in [5.41, 5.74) is 2.07. The Morgan fingerprint density at radius 2 is 1.95 bits per heavy atom. The molecule has 0 aliphatic carbocycles. The van der Waals surface area contributed by atoms with Crippen LogP contribution in [0, 0.1) is 5.82 Å². The number of piperazine rings is 1. The van der Waals surface area contributed by atoms with Crippen molar-refractivity contribution in [2.45, 2.75) is 18.6 Å². The van der Waals surface area contributed by atoms with Crippen LogP contribution in [0.1, 0.15) is 12.1 Å². The number of hydrogen-bond donors (Lipinski definition) is 2. The lowest BCUT2D eigenvalue weighted by molar-refractivity contribution is -0.142. The van der Waals surface area contributed by atoms with E-state index in [1.54, 1.807) is 4.90 Å². The van der Waals surface area contributed by atoms with Crippen molar-refractivity contribution in [3.63, 3.8) is 0 Å². The van der Waals surface area contributed by atoms with Gasteiger partial charge in [0.1, 0.15) is 16.9 Å². The number of amides is 1. The van der Waals surface area contributed by atoms with Crippen LogP contribution in [0.15, 0.2) is 35.8 Å². The van der Waals surface area contributed by atoms with Gasteiger partial charge in [0.2, 0.25) is 5.91 Å². The molecule has 3 N–H and O–H groups in total. The summed E-state index contributed by atoms with van der Waals surface area (Å²) in [7, 11) is 0. The van der Waals surface area contributed by atoms with Gasteiger partial charge in [0.25, 0.3) is 5.56 Å². The van der Waals surface area contributed by atoms with E-state index in [9.17, 15) is 22.8 Å². The van der Waals surface area contributed by atoms with Crippen molar-refractivity contribution in [1.29, 1.82) is 0 Å². The van der Waals surface area contributed by atoms with E-state index in [0.29, 0.717) is 44.0 Å². The lowest BCUT2D eigenvalue weighted by atomic mass is 10.1. The lowest BCUT2D eigenvalue weighted by Gasteiger charge is -2.42. The minimum atomic E-state index is -5.10. The molecule has 14 heteroatoms. The van der Waals surface area contributed by atoms with Crippen LogP contribution in [0.5, 0.6) is 0 Å². The molecular formula is C24H20Cl2F4N6O2. The standard InChI is InChI=1S/C24H20Cl2F4N6O2/c1-2-17(37)34-5-6-35-11(10-34)3-4-32-15-9-33-20-12(21(15)35)7-16(24(28,29)30)36(23(20)38)22-18(27)13(25)8-14(26)19(22)31/h2,7-9,11,32H,1,3-6,10,31H2. The number of pyridine rings is 2. The Morgan fingerprint density at radius 3 is 2.63 bits per heavy atom. The van der Waals surface area contributed by atoms with Crippen molar-refractivity contribution in [2.75, 3.05) is 42.1 Å². The van der Waals surface area contributed by atoms with Gasteiger partial charge < -0.3 is 20.9 Å². The fourth-order valence-electron chi connectivity index (χ4n) is 5.03. The average molecular weight is 571 g/mol. The zero-order valence-corrected chi connectivity index (χ0v) is 21.1. The number of carbonyl (C=O) groups excluding carboxylic acids is 1. The van der Waals surface area contributed by atoms with Crippen molar-refractivity contribution < 1.29 is 22.4 Å². The number of rotatable bonds is 2. The molecule has 1 amide bonds. The quantitative estimate of drug-likeness (QED) is 0.204. The third kappa shape index (κ3) is 4.11. The number of halogens is 6. The summed E-state index contributed by atoms with van der Waals surface area (Å²) in [4.78, 5) is 33.5. The minimum absolute atomic E-state index is 0.0777. The number of carbonyl (C=O) groups is 1. The van der Waals surface area contributed by atoms with E-state index in [0.717, 1.165) is 12.1 Å². The maximum atomic E-state index is 15.1. The summed E-state index contributed by atoms with van der Waals surface area (Å²) >= 11 is 11.8. The van der Waals surface area contributed by atoms with Gasteiger partial charge in [-0.05, 0) is 24.6 Å². The lowest BCUT2D eigenvalue weighted by Crippen LogP contribution is -2.54. The second kappa shape index (κ2) is 9.35. The summed E-state index contributed by atoms with van der Waals surface area (Å²) in [6.45, 7) is 4.90. The molecule has 0 saturated carbocycles. The van der Waals surface area contributed by atoms with Gasteiger partial charge >= 0.3 is 6.18 Å². The Labute approximate surface area is 223 Å². The number of benzene rings is 1. The number of alkyl halides is 3. The molecule has 2 aliphatic rings. The fraction of sp³-hybridized carbons (Fsp3) is 0.292. The van der Waals surface area contributed by atoms with Crippen LogP contribution in [-0.4, -0.2) is 52.6 Å². The van der Waals surface area contributed by atoms with Crippen LogP contribution in [0.2, 0.25) is 10.0 Å². The van der Waals surface area contributed by atoms with Gasteiger partial charge in [-0.25, -0.2) is 9.37 Å². The van der Waals surface area contributed by atoms with E-state index in [-0.39, 0.29) is 32.4 Å². The molecule has 0 bridgehead atoms. The Kier molecular flexibility index (Phi) is 6.42. The summed E-state index contributed by atoms with van der Waals surface area (Å²) in [5, 5.41) is 2.16. The van der Waals surface area contributed by atoms with Crippen LogP contribution in [0.25, 0.3) is 16.6 Å². The largest absolute Gasteiger partial charge is 0.431 e. The van der Waals surface area contributed by atoms with E-state index in [1.165, 1.54) is 12.3 Å². The third-order valence-corrected chi connectivity index (χ3v) is 7.35. The molecule has 0 radical (unpaired) electrons. The van der Waals surface area contributed by atoms with Gasteiger partial charge in [-0.3, -0.25) is 14.2 Å². The number of fused-ring (bicyclic) bond motifs is 5. The molecule has 2 aliphatic heterocycles. The molecule has 1 aromatic carbocycles. The van der Waals surface area contributed by atoms with Crippen molar-refractivity contribution in [2.24, 2.45) is 0 Å². The first kappa shape index (κ1) is 26.1. The van der Waals surface area contributed by atoms with Crippen LogP contribution >= 0.6 is 23.2 Å². The molecule has 1 unspecified atom stereocenters. The van der Waals surface area contributed by atoms with Crippen molar-refractivity contribution in [3.05, 3.63) is 62.9 Å². The smallest absolute Gasteiger partial charge is 0.396 e. The van der Waals surface area contributed by atoms with Gasteiger partial charge in [0.15, 0.2) is 5.82 Å². The zero-order chi connectivity index (χ0) is 27.5. The molecule has 4 heterocycles. The van der Waals surface area contributed by atoms with Gasteiger partial charge in [-0.15, -0.1) is 0 Å². The molecule has 200 valence electrons. The molecule has 1 fully saturated rings. The molecule has 8 nitrogen and oxygen atoms in total. The number of nitrogens with two attached hydrogens (primary N) is 1. The summed E-state index contributed by atoms with van der Waals surface area (Å²) in [6.07, 6.45) is -1.96. The molecule has 2 aromatic heterocycles. The van der Waals surface area contributed by atoms with Crippen LogP contribution < -0.4 is 21.5 Å². The predicted molar refractivity (Wildman–Crippen MR) is 138 cm³/mol. The fourth-order valence-corrected chi connectivity index (χ4v) is 5.48. The summed E-state index contributed by atoms with van der Waals surface area (Å²) in [5.74, 6) is -1.58. The van der Waals surface area contributed by atoms with E-state index < -0.39 is 39.6 Å². The van der Waals surface area contributed by atoms with E-state index in [2.05, 4.69) is 16.9 Å². The SMILES string of the molecule is C=CC(=O)N1CCN2c3c(cnc4c(=O)n(-c5c(N)c(Cl)cc(Cl)c5F)c(C(F)(F)F)cc34)NCCC2C1. The third-order valence-electron chi connectivity index (χ3n) is 6.76. The Morgan fingerprint density at radius 1 is 1.21 bits per heavy atom. The Balaban J connectivity index is 1.80. The van der Waals surface area contributed by atoms with Crippen LogP contribution in [0.4, 0.5) is 34.6 Å². The molecule has 3 aromatic rings. The zero-order valence-electron chi connectivity index (χ0n) is 19.6. The second-order valence-electron chi connectivity index (χ2n) is 8.92. The molecular weight excluding hydrogens is 551 g/mol. The maximum Gasteiger partial charge on any atom is 0.431 e. The predicted octanol–water partition coefficient (Wildman–Crippen LogP) is 4.45. The molecule has 1 atom stereocenters. The van der Waals surface area contributed by atoms with Crippen molar-refractivity contribution in [3.8, 4) is 5.69 Å². The van der Waals surface area contributed by atoms with Gasteiger partial charge in [-0.2, -0.15) is 13.2 Å².